The van der Waals surface area contributed by atoms with Crippen molar-refractivity contribution in [2.24, 2.45) is 0 Å². The molecular formula is C26H35ClN4O2S. The van der Waals surface area contributed by atoms with Crippen molar-refractivity contribution in [2.75, 3.05) is 24.4 Å². The first-order chi connectivity index (χ1) is 16.1. The molecule has 0 radical (unpaired) electrons. The minimum absolute atomic E-state index is 0.0463. The third kappa shape index (κ3) is 5.43. The summed E-state index contributed by atoms with van der Waals surface area (Å²) in [7, 11) is -3.77. The maximum atomic E-state index is 13.3. The SMILES string of the molecule is CC1NCC=C(c2cc(Cl)ccc2NS(=O)(=O)c2ccc(C(C)(C)C)cc2)N1C1CCNCC1. The second kappa shape index (κ2) is 9.90. The van der Waals surface area contributed by atoms with Crippen molar-refractivity contribution < 1.29 is 8.42 Å². The molecule has 2 aromatic rings. The van der Waals surface area contributed by atoms with Crippen LogP contribution in [0.3, 0.4) is 0 Å². The van der Waals surface area contributed by atoms with Gasteiger partial charge < -0.3 is 10.2 Å². The zero-order valence-corrected chi connectivity index (χ0v) is 21.9. The Morgan fingerprint density at radius 2 is 1.74 bits per heavy atom. The van der Waals surface area contributed by atoms with E-state index in [1.807, 2.05) is 18.2 Å². The van der Waals surface area contributed by atoms with Crippen LogP contribution in [-0.4, -0.2) is 45.2 Å². The number of piperidine rings is 1. The molecule has 0 amide bonds. The van der Waals surface area contributed by atoms with E-state index in [2.05, 4.69) is 54.0 Å². The average molecular weight is 503 g/mol. The fourth-order valence-corrected chi connectivity index (χ4v) is 5.99. The summed E-state index contributed by atoms with van der Waals surface area (Å²) in [4.78, 5) is 2.62. The van der Waals surface area contributed by atoms with Crippen molar-refractivity contribution in [1.29, 1.82) is 0 Å². The van der Waals surface area contributed by atoms with Gasteiger partial charge in [-0.15, -0.1) is 0 Å². The molecule has 2 heterocycles. The molecule has 1 fully saturated rings. The molecule has 2 aromatic carbocycles. The Morgan fingerprint density at radius 1 is 1.06 bits per heavy atom. The molecule has 3 N–H and O–H groups in total. The summed E-state index contributed by atoms with van der Waals surface area (Å²) in [5.41, 5.74) is 3.39. The molecule has 6 nitrogen and oxygen atoms in total. The molecular weight excluding hydrogens is 468 g/mol. The molecule has 0 aromatic heterocycles. The molecule has 8 heteroatoms. The second-order valence-corrected chi connectivity index (χ2v) is 12.3. The lowest BCUT2D eigenvalue weighted by atomic mass is 9.87. The molecule has 34 heavy (non-hydrogen) atoms. The van der Waals surface area contributed by atoms with Crippen LogP contribution in [-0.2, 0) is 15.4 Å². The third-order valence-corrected chi connectivity index (χ3v) is 8.26. The van der Waals surface area contributed by atoms with Crippen LogP contribution < -0.4 is 15.4 Å². The molecule has 1 unspecified atom stereocenters. The molecule has 0 spiro atoms. The lowest BCUT2D eigenvalue weighted by Gasteiger charge is -2.44. The van der Waals surface area contributed by atoms with Gasteiger partial charge in [0.1, 0.15) is 0 Å². The van der Waals surface area contributed by atoms with E-state index in [-0.39, 0.29) is 16.5 Å². The predicted octanol–water partition coefficient (Wildman–Crippen LogP) is 4.78. The van der Waals surface area contributed by atoms with Gasteiger partial charge in [0.15, 0.2) is 0 Å². The van der Waals surface area contributed by atoms with E-state index in [0.717, 1.165) is 42.8 Å². The smallest absolute Gasteiger partial charge is 0.261 e. The van der Waals surface area contributed by atoms with Crippen molar-refractivity contribution in [3.05, 3.63) is 64.7 Å². The summed E-state index contributed by atoms with van der Waals surface area (Å²) >= 11 is 6.41. The van der Waals surface area contributed by atoms with Crippen LogP contribution in [0.5, 0.6) is 0 Å². The first-order valence-corrected chi connectivity index (χ1v) is 13.8. The van der Waals surface area contributed by atoms with Gasteiger partial charge in [-0.2, -0.15) is 0 Å². The lowest BCUT2D eigenvalue weighted by Crippen LogP contribution is -2.53. The van der Waals surface area contributed by atoms with Crippen molar-refractivity contribution in [2.45, 2.75) is 63.1 Å². The van der Waals surface area contributed by atoms with Crippen LogP contribution in [0.15, 0.2) is 53.4 Å². The Kier molecular flexibility index (Phi) is 7.29. The summed E-state index contributed by atoms with van der Waals surface area (Å²) < 4.78 is 29.5. The molecule has 0 bridgehead atoms. The third-order valence-electron chi connectivity index (χ3n) is 6.64. The van der Waals surface area contributed by atoms with Crippen LogP contribution in [0.1, 0.15) is 51.7 Å². The molecule has 0 aliphatic carbocycles. The fourth-order valence-electron chi connectivity index (χ4n) is 4.74. The molecule has 0 saturated carbocycles. The molecule has 2 aliphatic rings. The molecule has 1 atom stereocenters. The number of hydrogen-bond acceptors (Lipinski definition) is 5. The summed E-state index contributed by atoms with van der Waals surface area (Å²) in [5, 5.41) is 7.51. The highest BCUT2D eigenvalue weighted by atomic mass is 35.5. The Balaban J connectivity index is 1.69. The predicted molar refractivity (Wildman–Crippen MR) is 141 cm³/mol. The minimum Gasteiger partial charge on any atom is -0.353 e. The zero-order valence-electron chi connectivity index (χ0n) is 20.4. The monoisotopic (exact) mass is 502 g/mol. The van der Waals surface area contributed by atoms with Crippen LogP contribution in [0.4, 0.5) is 5.69 Å². The van der Waals surface area contributed by atoms with Crippen LogP contribution >= 0.6 is 11.6 Å². The van der Waals surface area contributed by atoms with Crippen molar-refractivity contribution in [3.8, 4) is 0 Å². The largest absolute Gasteiger partial charge is 0.353 e. The summed E-state index contributed by atoms with van der Waals surface area (Å²) in [5.74, 6) is 0. The number of hydrogen-bond donors (Lipinski definition) is 3. The van der Waals surface area contributed by atoms with Crippen LogP contribution in [0, 0.1) is 0 Å². The van der Waals surface area contributed by atoms with Gasteiger partial charge in [-0.05, 0) is 80.2 Å². The topological polar surface area (TPSA) is 73.5 Å². The van der Waals surface area contributed by atoms with Gasteiger partial charge in [0.2, 0.25) is 0 Å². The van der Waals surface area contributed by atoms with Crippen LogP contribution in [0.2, 0.25) is 5.02 Å². The molecule has 1 saturated heterocycles. The van der Waals surface area contributed by atoms with Gasteiger partial charge in [0.05, 0.1) is 16.7 Å². The van der Waals surface area contributed by atoms with Gasteiger partial charge in [-0.25, -0.2) is 8.42 Å². The van der Waals surface area contributed by atoms with Gasteiger partial charge in [-0.1, -0.05) is 44.5 Å². The maximum absolute atomic E-state index is 13.3. The van der Waals surface area contributed by atoms with Crippen molar-refractivity contribution in [3.63, 3.8) is 0 Å². The van der Waals surface area contributed by atoms with Crippen molar-refractivity contribution in [1.82, 2.24) is 15.5 Å². The first kappa shape index (κ1) is 25.0. The number of benzene rings is 2. The normalized spacial score (nSPS) is 20.2. The van der Waals surface area contributed by atoms with E-state index in [1.165, 1.54) is 0 Å². The number of nitrogens with one attached hydrogen (secondary N) is 3. The van der Waals surface area contributed by atoms with E-state index in [9.17, 15) is 8.42 Å². The Labute approximate surface area is 208 Å². The summed E-state index contributed by atoms with van der Waals surface area (Å²) in [6, 6.07) is 12.8. The van der Waals surface area contributed by atoms with Gasteiger partial charge >= 0.3 is 0 Å². The molecule has 2 aliphatic heterocycles. The highest BCUT2D eigenvalue weighted by molar-refractivity contribution is 7.92. The Hall–Kier alpha value is -2.06. The van der Waals surface area contributed by atoms with E-state index >= 15 is 0 Å². The Bertz CT molecular complexity index is 1150. The second-order valence-electron chi connectivity index (χ2n) is 10.1. The van der Waals surface area contributed by atoms with Crippen LogP contribution in [0.25, 0.3) is 5.70 Å². The highest BCUT2D eigenvalue weighted by Gasteiger charge is 2.31. The highest BCUT2D eigenvalue weighted by Crippen LogP contribution is 2.36. The number of nitrogens with zero attached hydrogens (tertiary/aromatic N) is 1. The Morgan fingerprint density at radius 3 is 2.38 bits per heavy atom. The first-order valence-electron chi connectivity index (χ1n) is 11.9. The van der Waals surface area contributed by atoms with E-state index in [1.54, 1.807) is 24.3 Å². The fraction of sp³-hybridized carbons (Fsp3) is 0.462. The standard InChI is InChI=1S/C26H35ClN4O2S/c1-18-29-16-13-25(31(18)21-11-14-28-15-12-21)23-17-20(27)7-10-24(23)30-34(32,33)22-8-5-19(6-9-22)26(2,3)4/h5-10,13,17-18,21,28-30H,11-12,14-16H2,1-4H3. The quantitative estimate of drug-likeness (QED) is 0.548. The molecule has 184 valence electrons. The van der Waals surface area contributed by atoms with Gasteiger partial charge in [-0.3, -0.25) is 10.0 Å². The summed E-state index contributed by atoms with van der Waals surface area (Å²) in [6.07, 6.45) is 4.33. The van der Waals surface area contributed by atoms with E-state index < -0.39 is 10.0 Å². The van der Waals surface area contributed by atoms with Gasteiger partial charge in [0.25, 0.3) is 10.0 Å². The average Bonchev–Trinajstić information content (AvgIpc) is 2.80. The lowest BCUT2D eigenvalue weighted by molar-refractivity contribution is 0.164. The molecule has 4 rings (SSSR count). The van der Waals surface area contributed by atoms with Gasteiger partial charge in [0, 0.05) is 28.9 Å². The van der Waals surface area contributed by atoms with Crippen molar-refractivity contribution >= 4 is 33.0 Å². The summed E-state index contributed by atoms with van der Waals surface area (Å²) in [6.45, 7) is 11.1. The van der Waals surface area contributed by atoms with E-state index in [4.69, 9.17) is 11.6 Å². The minimum atomic E-state index is -3.77. The number of sulfonamides is 1. The zero-order chi connectivity index (χ0) is 24.5. The maximum Gasteiger partial charge on any atom is 0.261 e. The number of anilines is 1. The number of halogens is 1. The number of rotatable bonds is 5. The van der Waals surface area contributed by atoms with E-state index in [0.29, 0.717) is 23.3 Å².